The van der Waals surface area contributed by atoms with E-state index in [0.29, 0.717) is 17.1 Å². The lowest BCUT2D eigenvalue weighted by atomic mass is 10.0. The zero-order valence-electron chi connectivity index (χ0n) is 25.3. The summed E-state index contributed by atoms with van der Waals surface area (Å²) in [5.74, 6) is -1.42. The second-order valence-electron chi connectivity index (χ2n) is 9.81. The lowest BCUT2D eigenvalue weighted by Crippen LogP contribution is -2.12. The summed E-state index contributed by atoms with van der Waals surface area (Å²) in [7, 11) is 4.29. The first-order chi connectivity index (χ1) is 22.7. The number of carbonyl (C=O) groups excluding carboxylic acids is 3. The average Bonchev–Trinajstić information content (AvgIpc) is 3.08. The molecule has 0 bridgehead atoms. The standard InChI is InChI=1S/C36H27FO10/c1-42-31-20-33(44-3)32(43-2)19-29(31)36(41)46-26-14-8-23(9-15-26)35(40)47-27-16-17-28(30(37)18-27)21-6-12-25(13-7-21)45-34(39)22-4-10-24(38)11-5-22/h4-20,38H,1-3H3. The summed E-state index contributed by atoms with van der Waals surface area (Å²) in [6.45, 7) is 0. The molecule has 0 aliphatic carbocycles. The number of aromatic hydroxyl groups is 1. The van der Waals surface area contributed by atoms with Crippen LogP contribution in [-0.4, -0.2) is 44.3 Å². The number of phenolic OH excluding ortho intramolecular Hbond substituents is 1. The van der Waals surface area contributed by atoms with Gasteiger partial charge in [0.2, 0.25) is 0 Å². The van der Waals surface area contributed by atoms with Gasteiger partial charge in [0.05, 0.1) is 32.5 Å². The predicted molar refractivity (Wildman–Crippen MR) is 167 cm³/mol. The molecule has 0 fully saturated rings. The number of phenols is 1. The smallest absolute Gasteiger partial charge is 0.347 e. The molecule has 0 atom stereocenters. The minimum absolute atomic E-state index is 0.0215. The molecule has 0 saturated carbocycles. The van der Waals surface area contributed by atoms with Crippen LogP contribution in [0.3, 0.4) is 0 Å². The van der Waals surface area contributed by atoms with Crippen LogP contribution in [0.15, 0.2) is 103 Å². The minimum atomic E-state index is -0.753. The molecule has 0 aliphatic heterocycles. The fraction of sp³-hybridized carbons (Fsp3) is 0.0833. The number of methoxy groups -OCH3 is 3. The largest absolute Gasteiger partial charge is 0.508 e. The summed E-state index contributed by atoms with van der Waals surface area (Å²) in [5, 5.41) is 9.37. The number of rotatable bonds is 10. The highest BCUT2D eigenvalue weighted by molar-refractivity contribution is 5.95. The van der Waals surface area contributed by atoms with E-state index in [4.69, 9.17) is 28.4 Å². The number of carbonyl (C=O) groups is 3. The highest BCUT2D eigenvalue weighted by Crippen LogP contribution is 2.35. The van der Waals surface area contributed by atoms with Crippen molar-refractivity contribution in [1.82, 2.24) is 0 Å². The summed E-state index contributed by atoms with van der Waals surface area (Å²) < 4.78 is 46.9. The molecular weight excluding hydrogens is 611 g/mol. The van der Waals surface area contributed by atoms with Crippen LogP contribution in [0.4, 0.5) is 4.39 Å². The topological polar surface area (TPSA) is 127 Å². The van der Waals surface area contributed by atoms with Gasteiger partial charge in [-0.3, -0.25) is 0 Å². The van der Waals surface area contributed by atoms with Gasteiger partial charge < -0.3 is 33.5 Å². The van der Waals surface area contributed by atoms with Crippen molar-refractivity contribution in [1.29, 1.82) is 0 Å². The zero-order chi connectivity index (χ0) is 33.5. The Balaban J connectivity index is 1.20. The summed E-state index contributed by atoms with van der Waals surface area (Å²) in [4.78, 5) is 37.9. The highest BCUT2D eigenvalue weighted by atomic mass is 19.1. The van der Waals surface area contributed by atoms with Crippen molar-refractivity contribution in [3.8, 4) is 51.4 Å². The Hall–Kier alpha value is -6.36. The highest BCUT2D eigenvalue weighted by Gasteiger charge is 2.20. The second kappa shape index (κ2) is 14.2. The third-order valence-electron chi connectivity index (χ3n) is 6.86. The van der Waals surface area contributed by atoms with Crippen molar-refractivity contribution in [3.05, 3.63) is 126 Å². The van der Waals surface area contributed by atoms with E-state index in [2.05, 4.69) is 0 Å². The van der Waals surface area contributed by atoms with Gasteiger partial charge in [-0.25, -0.2) is 18.8 Å². The molecule has 1 N–H and O–H groups in total. The van der Waals surface area contributed by atoms with Gasteiger partial charge in [-0.05, 0) is 78.4 Å². The molecule has 10 nitrogen and oxygen atoms in total. The van der Waals surface area contributed by atoms with Crippen LogP contribution < -0.4 is 28.4 Å². The van der Waals surface area contributed by atoms with Crippen LogP contribution >= 0.6 is 0 Å². The third kappa shape index (κ3) is 7.48. The van der Waals surface area contributed by atoms with Gasteiger partial charge in [-0.1, -0.05) is 12.1 Å². The maximum Gasteiger partial charge on any atom is 0.347 e. The molecule has 5 aromatic rings. The Morgan fingerprint density at radius 3 is 1.55 bits per heavy atom. The SMILES string of the molecule is COc1cc(OC)c(C(=O)Oc2ccc(C(=O)Oc3ccc(-c4ccc(OC(=O)c5ccc(O)cc5)cc4)c(F)c3)cc2)cc1OC. The molecular formula is C36H27FO10. The van der Waals surface area contributed by atoms with Crippen molar-refractivity contribution in [3.63, 3.8) is 0 Å². The first-order valence-corrected chi connectivity index (χ1v) is 13.9. The summed E-state index contributed by atoms with van der Waals surface area (Å²) in [5.41, 5.74) is 1.23. The molecule has 5 rings (SSSR count). The van der Waals surface area contributed by atoms with E-state index in [1.165, 1.54) is 106 Å². The van der Waals surface area contributed by atoms with E-state index in [0.717, 1.165) is 6.07 Å². The Morgan fingerprint density at radius 1 is 0.532 bits per heavy atom. The third-order valence-corrected chi connectivity index (χ3v) is 6.86. The first-order valence-electron chi connectivity index (χ1n) is 13.9. The van der Waals surface area contributed by atoms with Crippen molar-refractivity contribution in [2.75, 3.05) is 21.3 Å². The summed E-state index contributed by atoms with van der Waals surface area (Å²) >= 11 is 0. The minimum Gasteiger partial charge on any atom is -0.508 e. The normalized spacial score (nSPS) is 10.5. The van der Waals surface area contributed by atoms with Crippen LogP contribution in [0.5, 0.6) is 40.2 Å². The lowest BCUT2D eigenvalue weighted by Gasteiger charge is -2.13. The van der Waals surface area contributed by atoms with Gasteiger partial charge in [0.25, 0.3) is 0 Å². The van der Waals surface area contributed by atoms with Crippen LogP contribution in [0.2, 0.25) is 0 Å². The molecule has 0 heterocycles. The molecule has 238 valence electrons. The summed E-state index contributed by atoms with van der Waals surface area (Å²) in [6, 6.07) is 24.4. The van der Waals surface area contributed by atoms with Crippen molar-refractivity contribution >= 4 is 17.9 Å². The Morgan fingerprint density at radius 2 is 1.00 bits per heavy atom. The van der Waals surface area contributed by atoms with E-state index < -0.39 is 23.7 Å². The van der Waals surface area contributed by atoms with Gasteiger partial charge in [-0.15, -0.1) is 0 Å². The van der Waals surface area contributed by atoms with Crippen LogP contribution in [0.1, 0.15) is 31.1 Å². The van der Waals surface area contributed by atoms with Crippen molar-refractivity contribution in [2.45, 2.75) is 0 Å². The number of esters is 3. The first kappa shape index (κ1) is 32.0. The lowest BCUT2D eigenvalue weighted by molar-refractivity contribution is 0.0722. The van der Waals surface area contributed by atoms with Gasteiger partial charge >= 0.3 is 17.9 Å². The number of hydrogen-bond acceptors (Lipinski definition) is 10. The molecule has 0 aliphatic rings. The fourth-order valence-electron chi connectivity index (χ4n) is 4.44. The molecule has 47 heavy (non-hydrogen) atoms. The van der Waals surface area contributed by atoms with E-state index in [9.17, 15) is 19.5 Å². The number of halogens is 1. The average molecular weight is 639 g/mol. The van der Waals surface area contributed by atoms with Gasteiger partial charge in [-0.2, -0.15) is 0 Å². The van der Waals surface area contributed by atoms with E-state index in [1.54, 1.807) is 12.1 Å². The molecule has 0 saturated heterocycles. The Kier molecular flexibility index (Phi) is 9.66. The van der Waals surface area contributed by atoms with E-state index >= 15 is 4.39 Å². The maximum atomic E-state index is 15.0. The maximum absolute atomic E-state index is 15.0. The van der Waals surface area contributed by atoms with E-state index in [1.807, 2.05) is 0 Å². The molecule has 0 spiro atoms. The fourth-order valence-corrected chi connectivity index (χ4v) is 4.44. The van der Waals surface area contributed by atoms with Gasteiger partial charge in [0, 0.05) is 23.8 Å². The van der Waals surface area contributed by atoms with Gasteiger partial charge in [0.15, 0.2) is 11.5 Å². The Labute approximate surface area is 268 Å². The van der Waals surface area contributed by atoms with Crippen molar-refractivity contribution in [2.24, 2.45) is 0 Å². The predicted octanol–water partition coefficient (Wildman–Crippen LogP) is 6.88. The van der Waals surface area contributed by atoms with Crippen LogP contribution in [-0.2, 0) is 0 Å². The molecule has 5 aromatic carbocycles. The van der Waals surface area contributed by atoms with Crippen LogP contribution in [0.25, 0.3) is 11.1 Å². The van der Waals surface area contributed by atoms with E-state index in [-0.39, 0.29) is 51.0 Å². The zero-order valence-corrected chi connectivity index (χ0v) is 25.3. The Bertz CT molecular complexity index is 1920. The van der Waals surface area contributed by atoms with Crippen LogP contribution in [0, 0.1) is 5.82 Å². The molecule has 0 aromatic heterocycles. The monoisotopic (exact) mass is 638 g/mol. The summed E-state index contributed by atoms with van der Waals surface area (Å²) in [6.07, 6.45) is 0. The number of ether oxygens (including phenoxy) is 6. The van der Waals surface area contributed by atoms with Crippen molar-refractivity contribution < 1.29 is 52.3 Å². The molecule has 0 radical (unpaired) electrons. The number of hydrogen-bond donors (Lipinski definition) is 1. The molecule has 11 heteroatoms. The van der Waals surface area contributed by atoms with Gasteiger partial charge in [0.1, 0.15) is 40.1 Å². The quantitative estimate of drug-likeness (QED) is 0.128. The molecule has 0 unspecified atom stereocenters. The molecule has 0 amide bonds. The number of benzene rings is 5. The second-order valence-corrected chi connectivity index (χ2v) is 9.81.